The quantitative estimate of drug-likeness (QED) is 0.588. The Morgan fingerprint density at radius 2 is 2.00 bits per heavy atom. The number of nitrogens with one attached hydrogen (secondary N) is 1. The van der Waals surface area contributed by atoms with Gasteiger partial charge < -0.3 is 5.32 Å². The van der Waals surface area contributed by atoms with Crippen molar-refractivity contribution in [2.24, 2.45) is 0 Å². The molecular weight excluding hydrogens is 432 g/mol. The van der Waals surface area contributed by atoms with Gasteiger partial charge in [-0.05, 0) is 40.2 Å². The summed E-state index contributed by atoms with van der Waals surface area (Å²) >= 11 is 15.2. The van der Waals surface area contributed by atoms with Crippen LogP contribution in [0.25, 0.3) is 0 Å². The van der Waals surface area contributed by atoms with Crippen LogP contribution in [0.1, 0.15) is 15.9 Å². The molecule has 1 aromatic heterocycles. The highest BCUT2D eigenvalue weighted by molar-refractivity contribution is 9.10. The van der Waals surface area contributed by atoms with Gasteiger partial charge in [-0.3, -0.25) is 9.48 Å². The summed E-state index contributed by atoms with van der Waals surface area (Å²) in [5.41, 5.74) is 0.776. The molecule has 1 heterocycles. The highest BCUT2D eigenvalue weighted by atomic mass is 79.9. The van der Waals surface area contributed by atoms with Gasteiger partial charge in [0.25, 0.3) is 5.91 Å². The van der Waals surface area contributed by atoms with E-state index in [1.165, 1.54) is 22.9 Å². The highest BCUT2D eigenvalue weighted by Crippen LogP contribution is 2.25. The average molecular weight is 443 g/mol. The first-order chi connectivity index (χ1) is 11.9. The molecule has 25 heavy (non-hydrogen) atoms. The normalized spacial score (nSPS) is 10.7. The maximum atomic E-state index is 13.7. The molecule has 0 radical (unpaired) electrons. The SMILES string of the molecule is O=C(Nc1nn(Cc2ccccc2F)cc1Br)c1ccc(Cl)cc1Cl. The van der Waals surface area contributed by atoms with Gasteiger partial charge in [-0.15, -0.1) is 0 Å². The molecule has 0 aliphatic rings. The second kappa shape index (κ2) is 7.56. The number of halogens is 4. The van der Waals surface area contributed by atoms with Crippen LogP contribution in [0.4, 0.5) is 10.2 Å². The fourth-order valence-electron chi connectivity index (χ4n) is 2.21. The van der Waals surface area contributed by atoms with Crippen LogP contribution >= 0.6 is 39.1 Å². The third-order valence-corrected chi connectivity index (χ3v) is 4.54. The molecule has 4 nitrogen and oxygen atoms in total. The average Bonchev–Trinajstić information content (AvgIpc) is 2.89. The maximum Gasteiger partial charge on any atom is 0.258 e. The molecule has 0 saturated heterocycles. The Morgan fingerprint density at radius 3 is 2.72 bits per heavy atom. The third-order valence-electron chi connectivity index (χ3n) is 3.41. The molecule has 1 N–H and O–H groups in total. The molecule has 128 valence electrons. The van der Waals surface area contributed by atoms with Crippen LogP contribution in [0.15, 0.2) is 53.1 Å². The Balaban J connectivity index is 1.78. The van der Waals surface area contributed by atoms with Gasteiger partial charge in [0.05, 0.1) is 21.6 Å². The van der Waals surface area contributed by atoms with Gasteiger partial charge in [0, 0.05) is 16.8 Å². The van der Waals surface area contributed by atoms with Gasteiger partial charge in [-0.1, -0.05) is 41.4 Å². The number of rotatable bonds is 4. The number of carbonyl (C=O) groups is 1. The molecule has 2 aromatic carbocycles. The second-order valence-corrected chi connectivity index (χ2v) is 6.89. The molecule has 0 unspecified atom stereocenters. The van der Waals surface area contributed by atoms with E-state index in [2.05, 4.69) is 26.3 Å². The first-order valence-electron chi connectivity index (χ1n) is 7.17. The number of carbonyl (C=O) groups excluding carboxylic acids is 1. The molecule has 1 amide bonds. The number of anilines is 1. The standard InChI is InChI=1S/C17H11BrCl2FN3O/c18-13-9-24(8-10-3-1-2-4-15(10)21)23-16(13)22-17(25)12-6-5-11(19)7-14(12)20/h1-7,9H,8H2,(H,22,23,25). The van der Waals surface area contributed by atoms with Gasteiger partial charge >= 0.3 is 0 Å². The topological polar surface area (TPSA) is 46.9 Å². The molecule has 3 rings (SSSR count). The number of amides is 1. The van der Waals surface area contributed by atoms with E-state index in [9.17, 15) is 9.18 Å². The maximum absolute atomic E-state index is 13.7. The van der Waals surface area contributed by atoms with E-state index < -0.39 is 5.91 Å². The molecule has 0 aliphatic heterocycles. The first kappa shape index (κ1) is 17.9. The summed E-state index contributed by atoms with van der Waals surface area (Å²) in [6, 6.07) is 11.0. The molecule has 0 atom stereocenters. The first-order valence-corrected chi connectivity index (χ1v) is 8.71. The number of nitrogens with zero attached hydrogens (tertiary/aromatic N) is 2. The van der Waals surface area contributed by atoms with Crippen molar-refractivity contribution in [2.75, 3.05) is 5.32 Å². The van der Waals surface area contributed by atoms with Crippen molar-refractivity contribution in [1.82, 2.24) is 9.78 Å². The fraction of sp³-hybridized carbons (Fsp3) is 0.0588. The Bertz CT molecular complexity index is 945. The number of aromatic nitrogens is 2. The summed E-state index contributed by atoms with van der Waals surface area (Å²) in [5.74, 6) is -0.418. The van der Waals surface area contributed by atoms with Gasteiger partial charge in [0.15, 0.2) is 5.82 Å². The van der Waals surface area contributed by atoms with E-state index in [0.29, 0.717) is 20.9 Å². The Hall–Kier alpha value is -1.89. The predicted octanol–water partition coefficient (Wildman–Crippen LogP) is 5.39. The molecule has 0 bridgehead atoms. The minimum absolute atomic E-state index is 0.239. The lowest BCUT2D eigenvalue weighted by molar-refractivity contribution is 0.102. The van der Waals surface area contributed by atoms with Crippen molar-refractivity contribution in [2.45, 2.75) is 6.54 Å². The van der Waals surface area contributed by atoms with Crippen molar-refractivity contribution >= 4 is 50.9 Å². The highest BCUT2D eigenvalue weighted by Gasteiger charge is 2.15. The Labute approximate surface area is 161 Å². The van der Waals surface area contributed by atoms with Gasteiger partial charge in [-0.2, -0.15) is 5.10 Å². The summed E-state index contributed by atoms with van der Waals surface area (Å²) in [7, 11) is 0. The Morgan fingerprint density at radius 1 is 1.24 bits per heavy atom. The van der Waals surface area contributed by atoms with Gasteiger partial charge in [0.2, 0.25) is 0 Å². The van der Waals surface area contributed by atoms with E-state index >= 15 is 0 Å². The lowest BCUT2D eigenvalue weighted by atomic mass is 10.2. The van der Waals surface area contributed by atoms with Crippen LogP contribution in [0, 0.1) is 5.82 Å². The van der Waals surface area contributed by atoms with Crippen LogP contribution < -0.4 is 5.32 Å². The van der Waals surface area contributed by atoms with E-state index in [4.69, 9.17) is 23.2 Å². The largest absolute Gasteiger partial charge is 0.304 e. The fourth-order valence-corrected chi connectivity index (χ4v) is 3.12. The molecular formula is C17H11BrCl2FN3O. The molecule has 0 fully saturated rings. The minimum Gasteiger partial charge on any atom is -0.304 e. The molecule has 0 aliphatic carbocycles. The lowest BCUT2D eigenvalue weighted by Gasteiger charge is -2.05. The van der Waals surface area contributed by atoms with E-state index in [1.54, 1.807) is 30.5 Å². The van der Waals surface area contributed by atoms with E-state index in [0.717, 1.165) is 0 Å². The smallest absolute Gasteiger partial charge is 0.258 e. The molecule has 8 heteroatoms. The van der Waals surface area contributed by atoms with E-state index in [-0.39, 0.29) is 22.9 Å². The minimum atomic E-state index is -0.418. The summed E-state index contributed by atoms with van der Waals surface area (Å²) < 4.78 is 15.8. The monoisotopic (exact) mass is 441 g/mol. The van der Waals surface area contributed by atoms with Crippen molar-refractivity contribution in [3.05, 3.63) is 80.1 Å². The van der Waals surface area contributed by atoms with Crippen molar-refractivity contribution < 1.29 is 9.18 Å². The molecule has 3 aromatic rings. The van der Waals surface area contributed by atoms with Crippen LogP contribution in [0.2, 0.25) is 10.0 Å². The van der Waals surface area contributed by atoms with Gasteiger partial charge in [-0.25, -0.2) is 4.39 Å². The zero-order valence-corrected chi connectivity index (χ0v) is 15.7. The second-order valence-electron chi connectivity index (χ2n) is 5.19. The third kappa shape index (κ3) is 4.21. The summed E-state index contributed by atoms with van der Waals surface area (Å²) in [4.78, 5) is 12.4. The van der Waals surface area contributed by atoms with Gasteiger partial charge in [0.1, 0.15) is 5.82 Å². The van der Waals surface area contributed by atoms with Crippen LogP contribution in [0.5, 0.6) is 0 Å². The number of hydrogen-bond donors (Lipinski definition) is 1. The number of benzene rings is 2. The van der Waals surface area contributed by atoms with E-state index in [1.807, 2.05) is 0 Å². The predicted molar refractivity (Wildman–Crippen MR) is 99.8 cm³/mol. The lowest BCUT2D eigenvalue weighted by Crippen LogP contribution is -2.13. The van der Waals surface area contributed by atoms with Crippen molar-refractivity contribution in [3.63, 3.8) is 0 Å². The summed E-state index contributed by atoms with van der Waals surface area (Å²) in [5, 5.41) is 7.61. The van der Waals surface area contributed by atoms with Crippen LogP contribution in [-0.2, 0) is 6.54 Å². The summed E-state index contributed by atoms with van der Waals surface area (Å²) in [6.45, 7) is 0.239. The zero-order chi connectivity index (χ0) is 18.0. The zero-order valence-electron chi connectivity index (χ0n) is 12.6. The summed E-state index contributed by atoms with van der Waals surface area (Å²) in [6.07, 6.45) is 1.66. The Kier molecular flexibility index (Phi) is 5.42. The molecule has 0 saturated carbocycles. The van der Waals surface area contributed by atoms with Crippen LogP contribution in [-0.4, -0.2) is 15.7 Å². The van der Waals surface area contributed by atoms with Crippen molar-refractivity contribution in [1.29, 1.82) is 0 Å². The van der Waals surface area contributed by atoms with Crippen LogP contribution in [0.3, 0.4) is 0 Å². The number of hydrogen-bond acceptors (Lipinski definition) is 2. The molecule has 0 spiro atoms. The van der Waals surface area contributed by atoms with Crippen molar-refractivity contribution in [3.8, 4) is 0 Å².